The average molecular weight is 548 g/mol. The molecular weight excluding hydrogens is 539 g/mol. The Morgan fingerprint density at radius 1 is 0.667 bits per heavy atom. The van der Waals surface area contributed by atoms with Crippen LogP contribution < -0.4 is 0 Å². The second-order valence-electron chi connectivity index (χ2n) is 5.98. The van der Waals surface area contributed by atoms with Crippen molar-refractivity contribution in [2.75, 3.05) is 0 Å². The fraction of sp³-hybridized carbons (Fsp3) is 0.294. The number of rotatable bonds is 3. The standard InChI is InChI=1S/C17H9Cl9O/c18-14(19,15(20,21)16(22,23)17(24,25)26)11-7-3-6-9-8-4-1-2-5-10(8)13(27)12(9)11/h1-7,13,27H. The lowest BCUT2D eigenvalue weighted by molar-refractivity contribution is 0.223. The third kappa shape index (κ3) is 3.35. The third-order valence-electron chi connectivity index (χ3n) is 4.41. The predicted molar refractivity (Wildman–Crippen MR) is 118 cm³/mol. The fourth-order valence-corrected chi connectivity index (χ4v) is 5.34. The summed E-state index contributed by atoms with van der Waals surface area (Å²) >= 11 is 55.9. The van der Waals surface area contributed by atoms with Gasteiger partial charge in [-0.3, -0.25) is 0 Å². The lowest BCUT2D eigenvalue weighted by Gasteiger charge is -2.44. The minimum atomic E-state index is -2.41. The summed E-state index contributed by atoms with van der Waals surface area (Å²) in [5.74, 6) is 0. The molecule has 0 radical (unpaired) electrons. The molecule has 0 saturated heterocycles. The van der Waals surface area contributed by atoms with Gasteiger partial charge >= 0.3 is 0 Å². The Morgan fingerprint density at radius 3 is 1.81 bits per heavy atom. The van der Waals surface area contributed by atoms with Crippen LogP contribution in [0.25, 0.3) is 11.1 Å². The molecule has 0 aliphatic heterocycles. The van der Waals surface area contributed by atoms with Crippen molar-refractivity contribution >= 4 is 104 Å². The maximum atomic E-state index is 10.9. The van der Waals surface area contributed by atoms with Crippen LogP contribution in [-0.4, -0.2) is 17.6 Å². The summed E-state index contributed by atoms with van der Waals surface area (Å²) in [6.45, 7) is 0. The van der Waals surface area contributed by atoms with Gasteiger partial charge in [0.15, 0.2) is 8.67 Å². The topological polar surface area (TPSA) is 20.2 Å². The fourth-order valence-electron chi connectivity index (χ4n) is 3.05. The van der Waals surface area contributed by atoms with E-state index in [1.807, 2.05) is 18.2 Å². The molecule has 0 amide bonds. The van der Waals surface area contributed by atoms with Gasteiger partial charge < -0.3 is 5.11 Å². The number of hydrogen-bond acceptors (Lipinski definition) is 1. The van der Waals surface area contributed by atoms with Crippen LogP contribution in [0, 0.1) is 0 Å². The van der Waals surface area contributed by atoms with Gasteiger partial charge in [-0.15, -0.1) is 0 Å². The smallest absolute Gasteiger partial charge is 0.226 e. The molecule has 1 unspecified atom stereocenters. The maximum absolute atomic E-state index is 10.9. The van der Waals surface area contributed by atoms with E-state index < -0.39 is 22.9 Å². The zero-order chi connectivity index (χ0) is 20.4. The molecule has 1 nitrogen and oxygen atoms in total. The zero-order valence-electron chi connectivity index (χ0n) is 13.0. The van der Waals surface area contributed by atoms with Gasteiger partial charge in [0.1, 0.15) is 6.10 Å². The van der Waals surface area contributed by atoms with Gasteiger partial charge in [0, 0.05) is 0 Å². The molecule has 0 bridgehead atoms. The van der Waals surface area contributed by atoms with Crippen molar-refractivity contribution in [3.63, 3.8) is 0 Å². The first kappa shape index (κ1) is 22.7. The number of fused-ring (bicyclic) bond motifs is 3. The molecule has 10 heteroatoms. The van der Waals surface area contributed by atoms with E-state index in [9.17, 15) is 5.11 Å². The Hall–Kier alpha value is 1.01. The van der Waals surface area contributed by atoms with E-state index in [1.165, 1.54) is 0 Å². The molecule has 1 aliphatic rings. The van der Waals surface area contributed by atoms with Gasteiger partial charge in [0.2, 0.25) is 8.13 Å². The first-order valence-corrected chi connectivity index (χ1v) is 10.8. The molecule has 0 saturated carbocycles. The van der Waals surface area contributed by atoms with Crippen LogP contribution in [-0.2, 0) is 4.33 Å². The Balaban J connectivity index is 2.22. The van der Waals surface area contributed by atoms with Gasteiger partial charge in [0.05, 0.1) is 0 Å². The average Bonchev–Trinajstić information content (AvgIpc) is 2.87. The predicted octanol–water partition coefficient (Wildman–Crippen LogP) is 8.10. The lowest BCUT2D eigenvalue weighted by atomic mass is 9.95. The molecule has 3 rings (SSSR count). The van der Waals surface area contributed by atoms with Gasteiger partial charge in [-0.05, 0) is 27.8 Å². The van der Waals surface area contributed by atoms with Crippen molar-refractivity contribution in [1.29, 1.82) is 0 Å². The summed E-state index contributed by atoms with van der Waals surface area (Å²) in [5, 5.41) is 10.9. The Kier molecular flexibility index (Phi) is 6.14. The van der Waals surface area contributed by atoms with Crippen LogP contribution in [0.5, 0.6) is 0 Å². The molecule has 27 heavy (non-hydrogen) atoms. The molecule has 2 aromatic carbocycles. The number of aliphatic hydroxyl groups excluding tert-OH is 1. The number of halogens is 9. The number of aliphatic hydroxyl groups is 1. The van der Waals surface area contributed by atoms with Gasteiger partial charge in [0.25, 0.3) is 0 Å². The van der Waals surface area contributed by atoms with E-state index in [0.717, 1.165) is 5.56 Å². The second-order valence-corrected chi connectivity index (χ2v) is 12.2. The first-order chi connectivity index (χ1) is 12.2. The van der Waals surface area contributed by atoms with Crippen molar-refractivity contribution in [1.82, 2.24) is 0 Å². The first-order valence-electron chi connectivity index (χ1n) is 7.36. The molecular formula is C17H9Cl9O. The molecule has 1 atom stereocenters. The van der Waals surface area contributed by atoms with Crippen LogP contribution >= 0.6 is 104 Å². The Morgan fingerprint density at radius 2 is 1.22 bits per heavy atom. The third-order valence-corrected chi connectivity index (χ3v) is 9.85. The Bertz CT molecular complexity index is 886. The highest BCUT2D eigenvalue weighted by Crippen LogP contribution is 2.66. The monoisotopic (exact) mass is 544 g/mol. The Labute approximate surface area is 201 Å². The summed E-state index contributed by atoms with van der Waals surface area (Å²) < 4.78 is -9.27. The second kappa shape index (κ2) is 7.31. The van der Waals surface area contributed by atoms with Gasteiger partial charge in [-0.2, -0.15) is 0 Å². The van der Waals surface area contributed by atoms with Crippen molar-refractivity contribution in [3.8, 4) is 11.1 Å². The van der Waals surface area contributed by atoms with Gasteiger partial charge in [-0.25, -0.2) is 0 Å². The van der Waals surface area contributed by atoms with Crippen LogP contribution in [0.15, 0.2) is 42.5 Å². The normalized spacial score (nSPS) is 17.6. The highest BCUT2D eigenvalue weighted by molar-refractivity contribution is 6.80. The minimum Gasteiger partial charge on any atom is -0.384 e. The molecule has 0 fully saturated rings. The van der Waals surface area contributed by atoms with E-state index in [2.05, 4.69) is 0 Å². The molecule has 1 aliphatic carbocycles. The van der Waals surface area contributed by atoms with Crippen molar-refractivity contribution in [2.24, 2.45) is 0 Å². The van der Waals surface area contributed by atoms with E-state index in [1.54, 1.807) is 24.3 Å². The highest BCUT2D eigenvalue weighted by Gasteiger charge is 2.69. The van der Waals surface area contributed by atoms with E-state index >= 15 is 0 Å². The summed E-state index contributed by atoms with van der Waals surface area (Å²) in [6, 6.07) is 12.4. The van der Waals surface area contributed by atoms with Crippen LogP contribution in [0.3, 0.4) is 0 Å². The quantitative estimate of drug-likeness (QED) is 0.385. The van der Waals surface area contributed by atoms with Crippen LogP contribution in [0.2, 0.25) is 0 Å². The van der Waals surface area contributed by atoms with Crippen LogP contribution in [0.4, 0.5) is 0 Å². The summed E-state index contributed by atoms with van der Waals surface area (Å²) in [4.78, 5) is 0. The zero-order valence-corrected chi connectivity index (χ0v) is 19.8. The molecule has 2 aromatic rings. The van der Waals surface area contributed by atoms with Crippen molar-refractivity contribution in [3.05, 3.63) is 59.2 Å². The van der Waals surface area contributed by atoms with E-state index in [-0.39, 0.29) is 5.56 Å². The molecule has 0 heterocycles. The van der Waals surface area contributed by atoms with E-state index in [4.69, 9.17) is 104 Å². The number of hydrogen-bond donors (Lipinski definition) is 1. The van der Waals surface area contributed by atoms with Crippen LogP contribution in [0.1, 0.15) is 22.8 Å². The van der Waals surface area contributed by atoms with Crippen molar-refractivity contribution < 1.29 is 5.11 Å². The summed E-state index contributed by atoms with van der Waals surface area (Å²) in [6.07, 6.45) is -1.01. The SMILES string of the molecule is OC1c2ccccc2-c2cccc(C(Cl)(Cl)C(Cl)(Cl)C(Cl)(Cl)C(Cl)(Cl)Cl)c21. The van der Waals surface area contributed by atoms with Crippen molar-refractivity contribution in [2.45, 2.75) is 22.9 Å². The molecule has 0 spiro atoms. The summed E-state index contributed by atoms with van der Waals surface area (Å²) in [5.41, 5.74) is 2.84. The highest BCUT2D eigenvalue weighted by atomic mass is 35.6. The minimum absolute atomic E-state index is 0.192. The number of alkyl halides is 9. The largest absolute Gasteiger partial charge is 0.384 e. The van der Waals surface area contributed by atoms with E-state index in [0.29, 0.717) is 16.7 Å². The lowest BCUT2D eigenvalue weighted by Crippen LogP contribution is -2.55. The van der Waals surface area contributed by atoms with Gasteiger partial charge in [-0.1, -0.05) is 147 Å². The maximum Gasteiger partial charge on any atom is 0.226 e. The molecule has 0 aromatic heterocycles. The molecule has 146 valence electrons. The molecule has 1 N–H and O–H groups in total. The summed E-state index contributed by atoms with van der Waals surface area (Å²) in [7, 11) is 0. The number of benzene rings is 2.